The third-order valence-electron chi connectivity index (χ3n) is 6.15. The highest BCUT2D eigenvalue weighted by Crippen LogP contribution is 2.35. The summed E-state index contributed by atoms with van der Waals surface area (Å²) in [4.78, 5) is 7.55. The molecule has 1 aromatic heterocycles. The monoisotopic (exact) mass is 502 g/mol. The van der Waals surface area contributed by atoms with Crippen LogP contribution in [0.4, 0.5) is 0 Å². The number of aromatic hydroxyl groups is 1. The molecule has 0 spiro atoms. The summed E-state index contributed by atoms with van der Waals surface area (Å²) in [5.74, 6) is 0.993. The third-order valence-corrected chi connectivity index (χ3v) is 6.98. The number of nitrogens with one attached hydrogen (secondary N) is 1. The van der Waals surface area contributed by atoms with E-state index >= 15 is 0 Å². The van der Waals surface area contributed by atoms with Gasteiger partial charge in [0.2, 0.25) is 0 Å². The molecule has 0 aliphatic heterocycles. The number of hydrogen-bond donors (Lipinski definition) is 3. The number of rotatable bonds is 5. The summed E-state index contributed by atoms with van der Waals surface area (Å²) < 4.78 is 38.4. The summed E-state index contributed by atoms with van der Waals surface area (Å²) in [7, 11) is -4.45. The van der Waals surface area contributed by atoms with Crippen molar-refractivity contribution in [1.82, 2.24) is 9.97 Å². The van der Waals surface area contributed by atoms with Gasteiger partial charge in [-0.05, 0) is 46.2 Å². The number of fused-ring (bicyclic) bond motifs is 3. The lowest BCUT2D eigenvalue weighted by atomic mass is 9.87. The predicted molar refractivity (Wildman–Crippen MR) is 140 cm³/mol. The van der Waals surface area contributed by atoms with Crippen LogP contribution in [-0.4, -0.2) is 28.0 Å². The number of ether oxygens (including phenoxy) is 1. The van der Waals surface area contributed by atoms with Crippen molar-refractivity contribution in [3.05, 3.63) is 83.9 Å². The van der Waals surface area contributed by atoms with E-state index in [-0.39, 0.29) is 16.1 Å². The highest BCUT2D eigenvalue weighted by Gasteiger charge is 2.17. The van der Waals surface area contributed by atoms with Gasteiger partial charge in [-0.1, -0.05) is 63.2 Å². The smallest absolute Gasteiger partial charge is 0.294 e. The molecule has 36 heavy (non-hydrogen) atoms. The van der Waals surface area contributed by atoms with Crippen LogP contribution in [0.2, 0.25) is 0 Å². The highest BCUT2D eigenvalue weighted by atomic mass is 32.2. The molecular formula is C28H26N2O5S. The number of aromatic amines is 1. The number of phenols is 1. The molecule has 5 aromatic rings. The molecule has 0 atom stereocenters. The SMILES string of the molecule is CC(C)(C)c1ccc(COc2cccc(-c3nc4c(ccc5cc(S(=O)(=O)O)cc(O)c54)[nH]3)c2)cc1. The maximum atomic E-state index is 11.5. The molecule has 0 saturated carbocycles. The molecule has 7 nitrogen and oxygen atoms in total. The molecule has 0 aliphatic carbocycles. The zero-order valence-corrected chi connectivity index (χ0v) is 20.9. The zero-order valence-electron chi connectivity index (χ0n) is 20.1. The van der Waals surface area contributed by atoms with E-state index in [9.17, 15) is 18.1 Å². The Hall–Kier alpha value is -3.88. The molecule has 0 unspecified atom stereocenters. The van der Waals surface area contributed by atoms with E-state index in [4.69, 9.17) is 4.74 Å². The Bertz CT molecular complexity index is 1700. The van der Waals surface area contributed by atoms with Gasteiger partial charge in [-0.15, -0.1) is 0 Å². The summed E-state index contributed by atoms with van der Waals surface area (Å²) in [6.45, 7) is 6.98. The van der Waals surface area contributed by atoms with Crippen LogP contribution in [-0.2, 0) is 22.1 Å². The number of phenolic OH excluding ortho intramolecular Hbond substituents is 1. The highest BCUT2D eigenvalue weighted by molar-refractivity contribution is 7.85. The second-order valence-electron chi connectivity index (χ2n) is 9.83. The van der Waals surface area contributed by atoms with Gasteiger partial charge < -0.3 is 14.8 Å². The number of hydrogen-bond acceptors (Lipinski definition) is 5. The third kappa shape index (κ3) is 4.65. The minimum absolute atomic E-state index is 0.0985. The number of nitrogens with zero attached hydrogens (tertiary/aromatic N) is 1. The van der Waals surface area contributed by atoms with Crippen molar-refractivity contribution in [2.24, 2.45) is 0 Å². The van der Waals surface area contributed by atoms with Gasteiger partial charge in [-0.25, -0.2) is 4.98 Å². The van der Waals surface area contributed by atoms with Crippen LogP contribution >= 0.6 is 0 Å². The Morgan fingerprint density at radius 1 is 0.972 bits per heavy atom. The standard InChI is InChI=1S/C28H26N2O5S/c1-28(2,3)20-10-7-17(8-11-20)16-35-21-6-4-5-19(13-21)27-29-23-12-9-18-14-22(36(32,33)34)15-24(31)25(18)26(23)30-27/h4-15,31H,16H2,1-3H3,(H,29,30)(H,32,33,34). The lowest BCUT2D eigenvalue weighted by Gasteiger charge is -2.19. The maximum Gasteiger partial charge on any atom is 0.294 e. The van der Waals surface area contributed by atoms with Crippen LogP contribution in [0.5, 0.6) is 11.5 Å². The minimum atomic E-state index is -4.45. The van der Waals surface area contributed by atoms with Gasteiger partial charge in [0.05, 0.1) is 15.8 Å². The van der Waals surface area contributed by atoms with Crippen LogP contribution in [0.25, 0.3) is 33.2 Å². The normalized spacial score (nSPS) is 12.3. The molecule has 0 bridgehead atoms. The first-order valence-corrected chi connectivity index (χ1v) is 12.9. The zero-order chi connectivity index (χ0) is 25.7. The molecule has 184 valence electrons. The molecule has 4 aromatic carbocycles. The fourth-order valence-corrected chi connectivity index (χ4v) is 4.71. The van der Waals surface area contributed by atoms with Crippen molar-refractivity contribution in [3.8, 4) is 22.9 Å². The molecule has 8 heteroatoms. The summed E-state index contributed by atoms with van der Waals surface area (Å²) >= 11 is 0. The van der Waals surface area contributed by atoms with Gasteiger partial charge >= 0.3 is 0 Å². The van der Waals surface area contributed by atoms with E-state index in [1.54, 1.807) is 12.1 Å². The van der Waals surface area contributed by atoms with Gasteiger partial charge in [0.1, 0.15) is 29.4 Å². The van der Waals surface area contributed by atoms with Crippen LogP contribution in [0.15, 0.2) is 77.7 Å². The van der Waals surface area contributed by atoms with E-state index in [0.717, 1.165) is 17.2 Å². The van der Waals surface area contributed by atoms with Gasteiger partial charge in [-0.3, -0.25) is 4.55 Å². The lowest BCUT2D eigenvalue weighted by molar-refractivity contribution is 0.306. The van der Waals surface area contributed by atoms with Crippen LogP contribution in [0.1, 0.15) is 31.9 Å². The van der Waals surface area contributed by atoms with E-state index in [1.165, 1.54) is 11.6 Å². The van der Waals surface area contributed by atoms with Gasteiger partial charge in [0.25, 0.3) is 10.1 Å². The first kappa shape index (κ1) is 23.8. The molecule has 0 fully saturated rings. The predicted octanol–water partition coefficient (Wildman–Crippen LogP) is 6.21. The fraction of sp³-hybridized carbons (Fsp3) is 0.179. The largest absolute Gasteiger partial charge is 0.507 e. The van der Waals surface area contributed by atoms with Gasteiger partial charge in [0, 0.05) is 11.6 Å². The molecule has 0 saturated heterocycles. The molecule has 1 heterocycles. The topological polar surface area (TPSA) is 113 Å². The molecule has 0 aliphatic rings. The van der Waals surface area contributed by atoms with Crippen molar-refractivity contribution >= 4 is 31.9 Å². The molecule has 3 N–H and O–H groups in total. The Kier molecular flexibility index (Phi) is 5.73. The molecule has 0 amide bonds. The van der Waals surface area contributed by atoms with Crippen molar-refractivity contribution < 1.29 is 22.8 Å². The van der Waals surface area contributed by atoms with Crippen LogP contribution in [0.3, 0.4) is 0 Å². The first-order chi connectivity index (χ1) is 17.0. The van der Waals surface area contributed by atoms with Crippen LogP contribution in [0, 0.1) is 0 Å². The summed E-state index contributed by atoms with van der Waals surface area (Å²) in [6, 6.07) is 21.7. The quantitative estimate of drug-likeness (QED) is 0.246. The lowest BCUT2D eigenvalue weighted by Crippen LogP contribution is -2.10. The van der Waals surface area contributed by atoms with Gasteiger partial charge in [0.15, 0.2) is 0 Å². The molecular weight excluding hydrogens is 476 g/mol. The van der Waals surface area contributed by atoms with Crippen molar-refractivity contribution in [2.75, 3.05) is 0 Å². The van der Waals surface area contributed by atoms with Crippen LogP contribution < -0.4 is 4.74 Å². The minimum Gasteiger partial charge on any atom is -0.507 e. The number of imidazole rings is 1. The average molecular weight is 503 g/mol. The van der Waals surface area contributed by atoms with E-state index in [1.807, 2.05) is 24.3 Å². The Morgan fingerprint density at radius 3 is 2.42 bits per heavy atom. The maximum absolute atomic E-state index is 11.5. The van der Waals surface area contributed by atoms with E-state index < -0.39 is 10.1 Å². The summed E-state index contributed by atoms with van der Waals surface area (Å²) in [5, 5.41) is 11.4. The summed E-state index contributed by atoms with van der Waals surface area (Å²) in [6.07, 6.45) is 0. The number of H-pyrrole nitrogens is 1. The van der Waals surface area contributed by atoms with Crippen molar-refractivity contribution in [1.29, 1.82) is 0 Å². The first-order valence-electron chi connectivity index (χ1n) is 11.4. The summed E-state index contributed by atoms with van der Waals surface area (Å²) in [5.41, 5.74) is 4.41. The van der Waals surface area contributed by atoms with Crippen molar-refractivity contribution in [2.45, 2.75) is 37.7 Å². The number of aromatic nitrogens is 2. The van der Waals surface area contributed by atoms with E-state index in [0.29, 0.717) is 40.0 Å². The van der Waals surface area contributed by atoms with Crippen molar-refractivity contribution in [3.63, 3.8) is 0 Å². The number of benzene rings is 4. The van der Waals surface area contributed by atoms with E-state index in [2.05, 4.69) is 55.0 Å². The molecule has 0 radical (unpaired) electrons. The van der Waals surface area contributed by atoms with Gasteiger partial charge in [-0.2, -0.15) is 8.42 Å². The average Bonchev–Trinajstić information content (AvgIpc) is 3.26. The molecule has 5 rings (SSSR count). The second kappa shape index (κ2) is 8.65. The Balaban J connectivity index is 1.44. The fourth-order valence-electron chi connectivity index (χ4n) is 4.17. The second-order valence-corrected chi connectivity index (χ2v) is 11.2. The Morgan fingerprint density at radius 2 is 1.72 bits per heavy atom. The Labute approximate surface area is 209 Å².